The maximum Gasteiger partial charge on any atom is 0.314 e. The molecular weight excluding hydrogens is 266 g/mol. The zero-order valence-corrected chi connectivity index (χ0v) is 12.5. The topological polar surface area (TPSA) is 52.4 Å². The number of rotatable bonds is 4. The van der Waals surface area contributed by atoms with Crippen LogP contribution >= 0.6 is 0 Å². The van der Waals surface area contributed by atoms with Crippen molar-refractivity contribution in [2.75, 3.05) is 0 Å². The number of hydrogen-bond acceptors (Lipinski definition) is 3. The van der Waals surface area contributed by atoms with Crippen LogP contribution in [0, 0.1) is 10.1 Å². The van der Waals surface area contributed by atoms with Gasteiger partial charge in [-0.2, -0.15) is 0 Å². The molecule has 0 spiro atoms. The first-order valence-corrected chi connectivity index (χ1v) is 6.84. The van der Waals surface area contributed by atoms with Crippen LogP contribution in [0.1, 0.15) is 31.9 Å². The first-order chi connectivity index (χ1) is 9.89. The molecule has 0 aliphatic carbocycles. The molecule has 0 fully saturated rings. The van der Waals surface area contributed by atoms with Crippen LogP contribution in [0.3, 0.4) is 0 Å². The molecule has 0 saturated heterocycles. The fourth-order valence-electron chi connectivity index (χ4n) is 2.17. The molecule has 0 aliphatic rings. The van der Waals surface area contributed by atoms with Crippen molar-refractivity contribution in [3.8, 4) is 5.75 Å². The van der Waals surface area contributed by atoms with Crippen LogP contribution in [0.25, 0.3) is 0 Å². The van der Waals surface area contributed by atoms with E-state index in [1.807, 2.05) is 51.1 Å². The van der Waals surface area contributed by atoms with E-state index in [4.69, 9.17) is 4.74 Å². The molecule has 0 heterocycles. The maximum atomic E-state index is 11.4. The van der Waals surface area contributed by atoms with Crippen molar-refractivity contribution >= 4 is 5.69 Å². The molecule has 21 heavy (non-hydrogen) atoms. The number of ether oxygens (including phenoxy) is 1. The second-order valence-corrected chi connectivity index (χ2v) is 5.93. The Hall–Kier alpha value is -2.36. The monoisotopic (exact) mass is 285 g/mol. The molecule has 0 unspecified atom stereocenters. The summed E-state index contributed by atoms with van der Waals surface area (Å²) in [6.45, 7) is 6.18. The molecule has 0 aromatic heterocycles. The van der Waals surface area contributed by atoms with Gasteiger partial charge in [0.15, 0.2) is 5.75 Å². The van der Waals surface area contributed by atoms with Gasteiger partial charge in [-0.1, -0.05) is 63.2 Å². The first-order valence-electron chi connectivity index (χ1n) is 6.84. The van der Waals surface area contributed by atoms with Crippen LogP contribution in [0.15, 0.2) is 48.5 Å². The van der Waals surface area contributed by atoms with E-state index in [2.05, 4.69) is 0 Å². The highest BCUT2D eigenvalue weighted by Gasteiger charge is 2.28. The molecule has 2 aromatic rings. The number of hydrogen-bond donors (Lipinski definition) is 0. The van der Waals surface area contributed by atoms with Crippen LogP contribution < -0.4 is 4.74 Å². The Kier molecular flexibility index (Phi) is 4.26. The minimum Gasteiger partial charge on any atom is -0.482 e. The van der Waals surface area contributed by atoms with Gasteiger partial charge < -0.3 is 4.74 Å². The smallest absolute Gasteiger partial charge is 0.314 e. The average molecular weight is 285 g/mol. The largest absolute Gasteiger partial charge is 0.482 e. The van der Waals surface area contributed by atoms with Crippen molar-refractivity contribution in [2.45, 2.75) is 32.8 Å². The third-order valence-electron chi connectivity index (χ3n) is 3.23. The summed E-state index contributed by atoms with van der Waals surface area (Å²) in [6.07, 6.45) is 0. The maximum absolute atomic E-state index is 11.4. The third-order valence-corrected chi connectivity index (χ3v) is 3.23. The molecule has 110 valence electrons. The zero-order valence-electron chi connectivity index (χ0n) is 12.5. The normalized spacial score (nSPS) is 11.2. The quantitative estimate of drug-likeness (QED) is 0.615. The standard InChI is InChI=1S/C17H19NO3/c1-17(2,3)14-10-7-11-15(16(14)18(19)20)21-12-13-8-5-4-6-9-13/h4-11H,12H2,1-3H3. The molecule has 0 amide bonds. The van der Waals surface area contributed by atoms with Gasteiger partial charge in [0.25, 0.3) is 0 Å². The molecule has 4 nitrogen and oxygen atoms in total. The fourth-order valence-corrected chi connectivity index (χ4v) is 2.17. The molecule has 2 rings (SSSR count). The first kappa shape index (κ1) is 15.0. The summed E-state index contributed by atoms with van der Waals surface area (Å²) in [5.74, 6) is 0.316. The SMILES string of the molecule is CC(C)(C)c1cccc(OCc2ccccc2)c1[N+](=O)[O-]. The van der Waals surface area contributed by atoms with Gasteiger partial charge in [-0.15, -0.1) is 0 Å². The molecule has 0 N–H and O–H groups in total. The number of para-hydroxylation sites is 1. The summed E-state index contributed by atoms with van der Waals surface area (Å²) in [6, 6.07) is 14.8. The lowest BCUT2D eigenvalue weighted by Gasteiger charge is -2.20. The van der Waals surface area contributed by atoms with E-state index in [1.165, 1.54) is 0 Å². The highest BCUT2D eigenvalue weighted by atomic mass is 16.6. The Morgan fingerprint density at radius 2 is 1.71 bits per heavy atom. The Labute approximate surface area is 124 Å². The fraction of sp³-hybridized carbons (Fsp3) is 0.294. The van der Waals surface area contributed by atoms with Gasteiger partial charge in [0, 0.05) is 5.56 Å². The average Bonchev–Trinajstić information content (AvgIpc) is 2.44. The van der Waals surface area contributed by atoms with Crippen molar-refractivity contribution in [1.82, 2.24) is 0 Å². The van der Waals surface area contributed by atoms with Gasteiger partial charge in [-0.05, 0) is 17.0 Å². The second-order valence-electron chi connectivity index (χ2n) is 5.93. The van der Waals surface area contributed by atoms with E-state index in [-0.39, 0.29) is 16.0 Å². The van der Waals surface area contributed by atoms with E-state index in [9.17, 15) is 10.1 Å². The number of benzene rings is 2. The van der Waals surface area contributed by atoms with Gasteiger partial charge in [0.1, 0.15) is 6.61 Å². The molecule has 0 radical (unpaired) electrons. The molecule has 0 saturated carbocycles. The van der Waals surface area contributed by atoms with Gasteiger partial charge in [-0.25, -0.2) is 0 Å². The predicted molar refractivity (Wildman–Crippen MR) is 82.6 cm³/mol. The van der Waals surface area contributed by atoms with Crippen molar-refractivity contribution < 1.29 is 9.66 Å². The molecule has 0 bridgehead atoms. The lowest BCUT2D eigenvalue weighted by atomic mass is 9.85. The van der Waals surface area contributed by atoms with Crippen LogP contribution in [-0.4, -0.2) is 4.92 Å². The summed E-state index contributed by atoms with van der Waals surface area (Å²) in [5.41, 5.74) is 1.40. The van der Waals surface area contributed by atoms with Crippen LogP contribution in [-0.2, 0) is 12.0 Å². The molecule has 0 aliphatic heterocycles. The Balaban J connectivity index is 2.33. The lowest BCUT2D eigenvalue weighted by Crippen LogP contribution is -2.14. The van der Waals surface area contributed by atoms with Crippen molar-refractivity contribution in [2.24, 2.45) is 0 Å². The van der Waals surface area contributed by atoms with Crippen molar-refractivity contribution in [1.29, 1.82) is 0 Å². The van der Waals surface area contributed by atoms with Crippen LogP contribution in [0.4, 0.5) is 5.69 Å². The minimum absolute atomic E-state index is 0.0564. The Morgan fingerprint density at radius 1 is 1.05 bits per heavy atom. The lowest BCUT2D eigenvalue weighted by molar-refractivity contribution is -0.387. The molecule has 2 aromatic carbocycles. The van der Waals surface area contributed by atoms with Crippen molar-refractivity contribution in [3.63, 3.8) is 0 Å². The number of nitro benzene ring substituents is 1. The van der Waals surface area contributed by atoms with E-state index in [0.717, 1.165) is 5.56 Å². The highest BCUT2D eigenvalue weighted by molar-refractivity contribution is 5.55. The summed E-state index contributed by atoms with van der Waals surface area (Å²) >= 11 is 0. The Morgan fingerprint density at radius 3 is 2.29 bits per heavy atom. The molecule has 0 atom stereocenters. The van der Waals surface area contributed by atoms with Gasteiger partial charge in [-0.3, -0.25) is 10.1 Å². The van der Waals surface area contributed by atoms with E-state index in [0.29, 0.717) is 17.9 Å². The number of nitro groups is 1. The van der Waals surface area contributed by atoms with Crippen LogP contribution in [0.5, 0.6) is 5.75 Å². The summed E-state index contributed by atoms with van der Waals surface area (Å²) in [7, 11) is 0. The second kappa shape index (κ2) is 5.95. The van der Waals surface area contributed by atoms with Gasteiger partial charge in [0.05, 0.1) is 4.92 Å². The summed E-state index contributed by atoms with van der Waals surface area (Å²) in [4.78, 5) is 11.1. The van der Waals surface area contributed by atoms with Crippen LogP contribution in [0.2, 0.25) is 0 Å². The zero-order chi connectivity index (χ0) is 15.5. The minimum atomic E-state index is -0.360. The van der Waals surface area contributed by atoms with Gasteiger partial charge in [0.2, 0.25) is 0 Å². The third kappa shape index (κ3) is 3.60. The van der Waals surface area contributed by atoms with E-state index in [1.54, 1.807) is 18.2 Å². The van der Waals surface area contributed by atoms with Crippen molar-refractivity contribution in [3.05, 3.63) is 69.8 Å². The van der Waals surface area contributed by atoms with E-state index >= 15 is 0 Å². The van der Waals surface area contributed by atoms with Gasteiger partial charge >= 0.3 is 5.69 Å². The molecule has 4 heteroatoms. The van der Waals surface area contributed by atoms with E-state index < -0.39 is 0 Å². The highest BCUT2D eigenvalue weighted by Crippen LogP contribution is 2.38. The summed E-state index contributed by atoms with van der Waals surface area (Å²) < 4.78 is 5.68. The predicted octanol–water partition coefficient (Wildman–Crippen LogP) is 4.47. The number of nitrogens with zero attached hydrogens (tertiary/aromatic N) is 1. The summed E-state index contributed by atoms with van der Waals surface area (Å²) in [5, 5.41) is 11.4. The molecular formula is C17H19NO3. The Bertz CT molecular complexity index is 630.